The van der Waals surface area contributed by atoms with Crippen molar-refractivity contribution < 1.29 is 19.4 Å². The van der Waals surface area contributed by atoms with Crippen LogP contribution in [0.2, 0.25) is 10.0 Å². The Labute approximate surface area is 214 Å². The summed E-state index contributed by atoms with van der Waals surface area (Å²) in [6.07, 6.45) is 0. The fourth-order valence-corrected chi connectivity index (χ4v) is 4.24. The molecule has 180 valence electrons. The number of carbonyl (C=O) groups excluding carboxylic acids is 2. The van der Waals surface area contributed by atoms with E-state index in [0.29, 0.717) is 40.1 Å². The van der Waals surface area contributed by atoms with Crippen LogP contribution in [-0.4, -0.2) is 23.4 Å². The van der Waals surface area contributed by atoms with Gasteiger partial charge in [0.15, 0.2) is 0 Å². The van der Waals surface area contributed by atoms with Gasteiger partial charge in [0, 0.05) is 11.3 Å². The molecule has 0 aromatic heterocycles. The van der Waals surface area contributed by atoms with Gasteiger partial charge in [0.1, 0.15) is 11.5 Å². The Bertz CT molecular complexity index is 1300. The van der Waals surface area contributed by atoms with Crippen LogP contribution in [-0.2, 0) is 9.59 Å². The zero-order valence-electron chi connectivity index (χ0n) is 19.6. The van der Waals surface area contributed by atoms with E-state index in [2.05, 4.69) is 13.8 Å². The summed E-state index contributed by atoms with van der Waals surface area (Å²) >= 11 is 12.4. The molecule has 1 atom stereocenters. The molecular formula is C28H25Cl2NO4. The third-order valence-electron chi connectivity index (χ3n) is 5.73. The number of ether oxygens (including phenoxy) is 1. The predicted molar refractivity (Wildman–Crippen MR) is 139 cm³/mol. The zero-order chi connectivity index (χ0) is 25.3. The monoisotopic (exact) mass is 509 g/mol. The molecule has 1 saturated heterocycles. The molecule has 0 saturated carbocycles. The van der Waals surface area contributed by atoms with E-state index in [1.165, 1.54) is 4.90 Å². The molecule has 1 aliphatic heterocycles. The van der Waals surface area contributed by atoms with Crippen LogP contribution in [0.1, 0.15) is 36.6 Å². The predicted octanol–water partition coefficient (Wildman–Crippen LogP) is 6.96. The third kappa shape index (κ3) is 5.07. The molecule has 4 rings (SSSR count). The molecule has 1 fully saturated rings. The molecule has 7 heteroatoms. The number of aliphatic hydroxyl groups is 1. The van der Waals surface area contributed by atoms with Crippen LogP contribution in [0.3, 0.4) is 0 Å². The highest BCUT2D eigenvalue weighted by atomic mass is 35.5. The number of hydrogen-bond acceptors (Lipinski definition) is 4. The quantitative estimate of drug-likeness (QED) is 0.221. The minimum absolute atomic E-state index is 0.0233. The number of anilines is 1. The molecule has 3 aromatic carbocycles. The zero-order valence-corrected chi connectivity index (χ0v) is 21.1. The molecule has 35 heavy (non-hydrogen) atoms. The number of nitrogens with zero attached hydrogens (tertiary/aromatic N) is 1. The van der Waals surface area contributed by atoms with Crippen molar-refractivity contribution >= 4 is 46.3 Å². The summed E-state index contributed by atoms with van der Waals surface area (Å²) in [5, 5.41) is 11.9. The van der Waals surface area contributed by atoms with Crippen molar-refractivity contribution in [2.75, 3.05) is 11.5 Å². The van der Waals surface area contributed by atoms with Crippen LogP contribution in [0.5, 0.6) is 5.75 Å². The molecule has 1 heterocycles. The van der Waals surface area contributed by atoms with E-state index in [4.69, 9.17) is 27.9 Å². The molecule has 5 nitrogen and oxygen atoms in total. The van der Waals surface area contributed by atoms with Crippen molar-refractivity contribution in [1.82, 2.24) is 0 Å². The van der Waals surface area contributed by atoms with Crippen LogP contribution in [0, 0.1) is 12.8 Å². The normalized spacial score (nSPS) is 17.3. The molecule has 1 unspecified atom stereocenters. The number of hydrogen-bond donors (Lipinski definition) is 1. The Morgan fingerprint density at radius 1 is 0.971 bits per heavy atom. The van der Waals surface area contributed by atoms with Gasteiger partial charge < -0.3 is 9.84 Å². The first kappa shape index (κ1) is 24.8. The maximum atomic E-state index is 13.3. The minimum atomic E-state index is -0.885. The summed E-state index contributed by atoms with van der Waals surface area (Å²) in [6.45, 7) is 6.60. The molecule has 0 bridgehead atoms. The largest absolute Gasteiger partial charge is 0.507 e. The highest BCUT2D eigenvalue weighted by Crippen LogP contribution is 2.43. The lowest BCUT2D eigenvalue weighted by Crippen LogP contribution is -2.29. The first-order chi connectivity index (χ1) is 16.7. The van der Waals surface area contributed by atoms with Crippen molar-refractivity contribution in [2.24, 2.45) is 5.92 Å². The van der Waals surface area contributed by atoms with E-state index in [0.717, 1.165) is 5.56 Å². The van der Waals surface area contributed by atoms with Gasteiger partial charge in [0.05, 0.1) is 28.3 Å². The average molecular weight is 510 g/mol. The second-order valence-electron chi connectivity index (χ2n) is 8.91. The molecular weight excluding hydrogens is 485 g/mol. The SMILES string of the molecule is Cc1ccc(N2C(=O)C(=O)/C(=C(\O)c3ccc(OCC(C)C)cc3)C2c2ccc(Cl)c(Cl)c2)cc1. The molecule has 0 aliphatic carbocycles. The van der Waals surface area contributed by atoms with Gasteiger partial charge >= 0.3 is 0 Å². The number of aliphatic hydroxyl groups excluding tert-OH is 1. The van der Waals surface area contributed by atoms with Gasteiger partial charge in [0.2, 0.25) is 0 Å². The molecule has 0 spiro atoms. The number of benzene rings is 3. The van der Waals surface area contributed by atoms with Gasteiger partial charge in [-0.15, -0.1) is 0 Å². The Morgan fingerprint density at radius 2 is 1.63 bits per heavy atom. The van der Waals surface area contributed by atoms with Gasteiger partial charge in [-0.05, 0) is 66.9 Å². The number of carbonyl (C=O) groups is 2. The highest BCUT2D eigenvalue weighted by molar-refractivity contribution is 6.51. The van der Waals surface area contributed by atoms with Crippen LogP contribution in [0.4, 0.5) is 5.69 Å². The van der Waals surface area contributed by atoms with Crippen molar-refractivity contribution in [3.8, 4) is 5.75 Å². The highest BCUT2D eigenvalue weighted by Gasteiger charge is 2.47. The lowest BCUT2D eigenvalue weighted by atomic mass is 9.95. The Morgan fingerprint density at radius 3 is 2.23 bits per heavy atom. The van der Waals surface area contributed by atoms with E-state index in [1.807, 2.05) is 19.1 Å². The number of rotatable bonds is 6. The summed E-state index contributed by atoms with van der Waals surface area (Å²) < 4.78 is 5.71. The maximum Gasteiger partial charge on any atom is 0.300 e. The van der Waals surface area contributed by atoms with Crippen LogP contribution in [0.15, 0.2) is 72.3 Å². The Kier molecular flexibility index (Phi) is 7.20. The van der Waals surface area contributed by atoms with Crippen molar-refractivity contribution in [1.29, 1.82) is 0 Å². The topological polar surface area (TPSA) is 66.8 Å². The van der Waals surface area contributed by atoms with E-state index < -0.39 is 17.7 Å². The van der Waals surface area contributed by atoms with Crippen LogP contribution in [0.25, 0.3) is 5.76 Å². The first-order valence-electron chi connectivity index (χ1n) is 11.2. The number of ketones is 1. The van der Waals surface area contributed by atoms with E-state index >= 15 is 0 Å². The van der Waals surface area contributed by atoms with Gasteiger partial charge in [-0.3, -0.25) is 14.5 Å². The molecule has 0 radical (unpaired) electrons. The summed E-state index contributed by atoms with van der Waals surface area (Å²) in [5.41, 5.74) is 2.47. The van der Waals surface area contributed by atoms with Crippen molar-refractivity contribution in [2.45, 2.75) is 26.8 Å². The number of Topliss-reactive ketones (excluding diaryl/α,β-unsaturated/α-hetero) is 1. The molecule has 1 aliphatic rings. The second-order valence-corrected chi connectivity index (χ2v) is 9.72. The Hall–Kier alpha value is -3.28. The van der Waals surface area contributed by atoms with E-state index in [9.17, 15) is 14.7 Å². The van der Waals surface area contributed by atoms with Crippen molar-refractivity contribution in [3.63, 3.8) is 0 Å². The first-order valence-corrected chi connectivity index (χ1v) is 12.0. The van der Waals surface area contributed by atoms with Gasteiger partial charge in [0.25, 0.3) is 11.7 Å². The smallest absolute Gasteiger partial charge is 0.300 e. The lowest BCUT2D eigenvalue weighted by molar-refractivity contribution is -0.132. The maximum absolute atomic E-state index is 13.3. The van der Waals surface area contributed by atoms with Gasteiger partial charge in [-0.1, -0.05) is 60.8 Å². The average Bonchev–Trinajstić information content (AvgIpc) is 3.10. The van der Waals surface area contributed by atoms with E-state index in [1.54, 1.807) is 54.6 Å². The van der Waals surface area contributed by atoms with Crippen LogP contribution >= 0.6 is 23.2 Å². The molecule has 1 amide bonds. The number of halogens is 2. The third-order valence-corrected chi connectivity index (χ3v) is 6.47. The van der Waals surface area contributed by atoms with Gasteiger partial charge in [-0.2, -0.15) is 0 Å². The molecule has 3 aromatic rings. The fraction of sp³-hybridized carbons (Fsp3) is 0.214. The van der Waals surface area contributed by atoms with Crippen molar-refractivity contribution in [3.05, 3.63) is 99.0 Å². The Balaban J connectivity index is 1.83. The summed E-state index contributed by atoms with van der Waals surface area (Å²) in [6, 6.07) is 18.1. The summed E-state index contributed by atoms with van der Waals surface area (Å²) in [4.78, 5) is 27.9. The lowest BCUT2D eigenvalue weighted by Gasteiger charge is -2.26. The number of aryl methyl sites for hydroxylation is 1. The van der Waals surface area contributed by atoms with Gasteiger partial charge in [-0.25, -0.2) is 0 Å². The summed E-state index contributed by atoms with van der Waals surface area (Å²) in [5.74, 6) is -0.768. The summed E-state index contributed by atoms with van der Waals surface area (Å²) in [7, 11) is 0. The number of amides is 1. The minimum Gasteiger partial charge on any atom is -0.507 e. The standard InChI is InChI=1S/C28H25Cl2NO4/c1-16(2)15-35-21-11-6-18(7-12-21)26(32)24-25(19-8-13-22(29)23(30)14-19)31(28(34)27(24)33)20-9-4-17(3)5-10-20/h4-14,16,25,32H,15H2,1-3H3/b26-24-. The second kappa shape index (κ2) is 10.1. The van der Waals surface area contributed by atoms with Crippen LogP contribution < -0.4 is 9.64 Å². The molecule has 1 N–H and O–H groups in total. The fourth-order valence-electron chi connectivity index (χ4n) is 3.93. The van der Waals surface area contributed by atoms with E-state index in [-0.39, 0.29) is 16.4 Å².